The van der Waals surface area contributed by atoms with Crippen LogP contribution in [0.25, 0.3) is 295 Å². The minimum atomic E-state index is 1.17. The fourth-order valence-electron chi connectivity index (χ4n) is 25.1. The zero-order valence-electron chi connectivity index (χ0n) is 81.6. The van der Waals surface area contributed by atoms with E-state index < -0.39 is 0 Å². The van der Waals surface area contributed by atoms with Gasteiger partial charge >= 0.3 is 0 Å². The Bertz CT molecular complexity index is 11200. The first-order valence-electron chi connectivity index (χ1n) is 51.8. The molecule has 0 radical (unpaired) electrons. The SMILES string of the molecule is c1ccc(-n2c3ccc(-c4ccc5c(c4)c4c6ccccc6ccc4n5-c4ccc5ccccc5c4)cc3c3c4ccccc4ccc32)cc1.c1ccc(-n2c3ccc(-c4ccc5c(c4)c4ccccc4n5-c4ccc5ccccc5c4)cc3c3c4ccccc4ccc32)cc1.c1ccc2cc(-n3c4ccc(-c5ccc6c(c5)c5c7ccccc7ccc5n6-c5ccc6ccccc6c5)cc4c4c5ccccc5ccc43)ccc2c1. The van der Waals surface area contributed by atoms with E-state index in [4.69, 9.17) is 0 Å². The van der Waals surface area contributed by atoms with Gasteiger partial charge in [-0.3, -0.25) is 0 Å². The Kier molecular flexibility index (Phi) is 19.1. The van der Waals surface area contributed by atoms with Gasteiger partial charge in [0.25, 0.3) is 0 Å². The van der Waals surface area contributed by atoms with Crippen molar-refractivity contribution in [3.63, 3.8) is 0 Å². The number of nitrogens with zero attached hydrogens (tertiary/aromatic N) is 6. The minimum Gasteiger partial charge on any atom is -0.309 e. The minimum absolute atomic E-state index is 1.17. The molecule has 0 saturated carbocycles. The lowest BCUT2D eigenvalue weighted by Crippen LogP contribution is -1.94. The maximum atomic E-state index is 2.44. The molecular formula is C144H90N6. The molecule has 0 unspecified atom stereocenters. The zero-order chi connectivity index (χ0) is 98.3. The summed E-state index contributed by atoms with van der Waals surface area (Å²) in [7, 11) is 0. The maximum Gasteiger partial charge on any atom is 0.0547 e. The Morgan fingerprint density at radius 2 is 0.260 bits per heavy atom. The molecule has 6 heterocycles. The highest BCUT2D eigenvalue weighted by molar-refractivity contribution is 6.28. The fourth-order valence-corrected chi connectivity index (χ4v) is 25.1. The van der Waals surface area contributed by atoms with Gasteiger partial charge in [-0.1, -0.05) is 364 Å². The van der Waals surface area contributed by atoms with Crippen LogP contribution in [-0.2, 0) is 0 Å². The molecule has 0 amide bonds. The quantitative estimate of drug-likeness (QED) is 0.138. The number of hydrogen-bond donors (Lipinski definition) is 0. The van der Waals surface area contributed by atoms with Crippen molar-refractivity contribution >= 4 is 228 Å². The van der Waals surface area contributed by atoms with Crippen molar-refractivity contribution in [3.05, 3.63) is 546 Å². The van der Waals surface area contributed by atoms with E-state index in [0.29, 0.717) is 0 Å². The highest BCUT2D eigenvalue weighted by atomic mass is 15.0. The highest BCUT2D eigenvalue weighted by Gasteiger charge is 2.26. The van der Waals surface area contributed by atoms with Crippen LogP contribution in [0.1, 0.15) is 0 Å². The summed E-state index contributed by atoms with van der Waals surface area (Å²) in [5, 5.41) is 38.0. The number of benzene rings is 27. The average molecular weight is 1900 g/mol. The van der Waals surface area contributed by atoms with E-state index >= 15 is 0 Å². The van der Waals surface area contributed by atoms with E-state index in [2.05, 4.69) is 573 Å². The summed E-state index contributed by atoms with van der Waals surface area (Å²) in [6, 6.07) is 201. The van der Waals surface area contributed by atoms with Crippen LogP contribution in [0.5, 0.6) is 0 Å². The summed E-state index contributed by atoms with van der Waals surface area (Å²) in [6.45, 7) is 0. The molecule has 0 atom stereocenters. The second-order valence-corrected chi connectivity index (χ2v) is 40.1. The molecular weight excluding hydrogens is 1810 g/mol. The summed E-state index contributed by atoms with van der Waals surface area (Å²) in [6.07, 6.45) is 0. The molecule has 0 aliphatic carbocycles. The molecule has 33 rings (SSSR count). The van der Waals surface area contributed by atoms with Gasteiger partial charge in [0.15, 0.2) is 0 Å². The predicted molar refractivity (Wildman–Crippen MR) is 639 cm³/mol. The van der Waals surface area contributed by atoms with Gasteiger partial charge in [0.2, 0.25) is 0 Å². The predicted octanol–water partition coefficient (Wildman–Crippen LogP) is 39.0. The van der Waals surface area contributed by atoms with E-state index in [1.54, 1.807) is 0 Å². The average Bonchev–Trinajstić information content (AvgIpc) is 1.57. The van der Waals surface area contributed by atoms with Gasteiger partial charge in [0.05, 0.1) is 66.2 Å². The lowest BCUT2D eigenvalue weighted by molar-refractivity contribution is 1.18. The summed E-state index contributed by atoms with van der Waals surface area (Å²) in [5.41, 5.74) is 28.9. The van der Waals surface area contributed by atoms with Gasteiger partial charge in [-0.05, 0) is 312 Å². The summed E-state index contributed by atoms with van der Waals surface area (Å²) in [4.78, 5) is 0. The van der Waals surface area contributed by atoms with Crippen molar-refractivity contribution in [1.29, 1.82) is 0 Å². The van der Waals surface area contributed by atoms with Gasteiger partial charge in [-0.25, -0.2) is 0 Å². The molecule has 0 fully saturated rings. The van der Waals surface area contributed by atoms with Crippen LogP contribution in [0, 0.1) is 0 Å². The molecule has 0 aliphatic heterocycles. The van der Waals surface area contributed by atoms with Gasteiger partial charge in [0.1, 0.15) is 0 Å². The van der Waals surface area contributed by atoms with Crippen LogP contribution in [0.2, 0.25) is 0 Å². The van der Waals surface area contributed by atoms with Crippen LogP contribution in [0.3, 0.4) is 0 Å². The summed E-state index contributed by atoms with van der Waals surface area (Å²) in [5.74, 6) is 0. The number of hydrogen-bond acceptors (Lipinski definition) is 0. The third-order valence-electron chi connectivity index (χ3n) is 31.9. The molecule has 0 N–H and O–H groups in total. The smallest absolute Gasteiger partial charge is 0.0547 e. The second-order valence-electron chi connectivity index (χ2n) is 40.1. The van der Waals surface area contributed by atoms with E-state index in [0.717, 1.165) is 0 Å². The molecule has 150 heavy (non-hydrogen) atoms. The standard InChI is InChI=1S/C52H32N2.C48H30N2.C44H28N2/c1-3-13-37-29-41(23-17-33(37)9-1)53-47-25-21-39(31-45(47)51-43-15-7-5-11-35(43)19-27-49(51)53)40-22-26-48-46(32-40)52-44-16-8-6-12-36(44)20-28-50(52)54(48)42-24-18-34-10-2-4-14-38(34)30-42;1-2-14-37(15-3-1)49-43-24-21-35(29-41(43)47-39-16-8-6-11-32(39)19-26-45(47)49)36-22-25-44-42(30-36)48-40-17-9-7-12-33(40)20-27-46(48)50(44)38-23-18-31-10-4-5-13-34(31)28-38;1-2-13-34(14-3-1)45-42-24-21-33(28-39(42)44-36-15-7-6-11-30(36)19-25-43(44)45)32-20-23-41-38(27-32)37-16-8-9-17-40(37)46(41)35-22-18-29-10-4-5-12-31(29)26-35/h1-32H;1-30H;1-28H. The third kappa shape index (κ3) is 13.4. The Morgan fingerprint density at radius 3 is 0.520 bits per heavy atom. The zero-order valence-corrected chi connectivity index (χ0v) is 81.6. The lowest BCUT2D eigenvalue weighted by Gasteiger charge is -2.11. The van der Waals surface area contributed by atoms with Gasteiger partial charge in [0, 0.05) is 98.8 Å². The van der Waals surface area contributed by atoms with Crippen LogP contribution in [-0.4, -0.2) is 27.4 Å². The number of para-hydroxylation sites is 3. The molecule has 6 aromatic heterocycles. The molecule has 0 spiro atoms. The molecule has 0 saturated heterocycles. The summed E-state index contributed by atoms with van der Waals surface area (Å²) >= 11 is 0. The first kappa shape index (κ1) is 84.6. The highest BCUT2D eigenvalue weighted by Crippen LogP contribution is 2.49. The molecule has 0 aliphatic rings. The first-order chi connectivity index (χ1) is 74.4. The van der Waals surface area contributed by atoms with Crippen molar-refractivity contribution in [2.75, 3.05) is 0 Å². The molecule has 27 aromatic carbocycles. The molecule has 6 nitrogen and oxygen atoms in total. The van der Waals surface area contributed by atoms with E-state index in [-0.39, 0.29) is 0 Å². The van der Waals surface area contributed by atoms with E-state index in [1.165, 1.54) is 295 Å². The van der Waals surface area contributed by atoms with Crippen molar-refractivity contribution in [2.45, 2.75) is 0 Å². The monoisotopic (exact) mass is 1900 g/mol. The van der Waals surface area contributed by atoms with Gasteiger partial charge in [-0.2, -0.15) is 0 Å². The largest absolute Gasteiger partial charge is 0.309 e. The number of aromatic nitrogens is 6. The van der Waals surface area contributed by atoms with E-state index in [9.17, 15) is 0 Å². The van der Waals surface area contributed by atoms with Crippen LogP contribution < -0.4 is 0 Å². The Morgan fingerprint density at radius 1 is 0.0867 bits per heavy atom. The normalized spacial score (nSPS) is 12.0. The molecule has 6 heteroatoms. The van der Waals surface area contributed by atoms with Crippen LogP contribution in [0.4, 0.5) is 0 Å². The Hall–Kier alpha value is -19.9. The number of rotatable bonds is 9. The Balaban J connectivity index is 0.000000102. The van der Waals surface area contributed by atoms with E-state index in [1.807, 2.05) is 0 Å². The maximum absolute atomic E-state index is 2.44. The molecule has 696 valence electrons. The fraction of sp³-hybridized carbons (Fsp3) is 0. The first-order valence-corrected chi connectivity index (χ1v) is 51.8. The van der Waals surface area contributed by atoms with Crippen molar-refractivity contribution in [2.24, 2.45) is 0 Å². The van der Waals surface area contributed by atoms with Crippen LogP contribution in [0.15, 0.2) is 546 Å². The van der Waals surface area contributed by atoms with Crippen LogP contribution >= 0.6 is 0 Å². The second kappa shape index (κ2) is 33.9. The van der Waals surface area contributed by atoms with Crippen molar-refractivity contribution in [1.82, 2.24) is 27.4 Å². The Labute approximate surface area is 862 Å². The van der Waals surface area contributed by atoms with Gasteiger partial charge < -0.3 is 27.4 Å². The number of fused-ring (bicyclic) bond motifs is 32. The lowest BCUT2D eigenvalue weighted by atomic mass is 9.98. The topological polar surface area (TPSA) is 29.6 Å². The molecule has 33 aromatic rings. The third-order valence-corrected chi connectivity index (χ3v) is 31.9. The van der Waals surface area contributed by atoms with Gasteiger partial charge in [-0.15, -0.1) is 0 Å². The van der Waals surface area contributed by atoms with Crippen molar-refractivity contribution in [3.8, 4) is 67.5 Å². The van der Waals surface area contributed by atoms with Crippen molar-refractivity contribution < 1.29 is 0 Å². The molecule has 0 bridgehead atoms. The summed E-state index contributed by atoms with van der Waals surface area (Å²) < 4.78 is 14.5.